The molecule has 0 aliphatic heterocycles. The average molecular weight is 415 g/mol. The number of nitrogens with two attached hydrogens (primary N) is 1. The molecule has 0 aliphatic carbocycles. The van der Waals surface area contributed by atoms with Gasteiger partial charge in [0.25, 0.3) is 0 Å². The highest BCUT2D eigenvalue weighted by atomic mass is 32.2. The van der Waals surface area contributed by atoms with Crippen LogP contribution in [0.1, 0.15) is 24.0 Å². The first-order valence-corrected chi connectivity index (χ1v) is 10.6. The Morgan fingerprint density at radius 3 is 1.97 bits per heavy atom. The number of primary amides is 1. The van der Waals surface area contributed by atoms with E-state index < -0.39 is 33.3 Å². The number of benzene rings is 3. The molecule has 4 nitrogen and oxygen atoms in total. The van der Waals surface area contributed by atoms with Gasteiger partial charge in [0.05, 0.1) is 22.1 Å². The van der Waals surface area contributed by atoms with Crippen LogP contribution in [0, 0.1) is 11.6 Å². The summed E-state index contributed by atoms with van der Waals surface area (Å²) < 4.78 is 53.4. The molecule has 1 amide bonds. The number of hydrogen-bond acceptors (Lipinski definition) is 3. The molecule has 0 aromatic heterocycles. The topological polar surface area (TPSA) is 77.2 Å². The van der Waals surface area contributed by atoms with Crippen molar-refractivity contribution < 1.29 is 22.0 Å². The Balaban J connectivity index is 2.06. The normalized spacial score (nSPS) is 12.5. The summed E-state index contributed by atoms with van der Waals surface area (Å²) in [6.07, 6.45) is 0. The number of amides is 1. The second kappa shape index (κ2) is 8.13. The van der Waals surface area contributed by atoms with Gasteiger partial charge in [-0.2, -0.15) is 0 Å². The van der Waals surface area contributed by atoms with Gasteiger partial charge in [0.1, 0.15) is 11.6 Å². The molecule has 150 valence electrons. The molecule has 7 heteroatoms. The summed E-state index contributed by atoms with van der Waals surface area (Å²) in [5.74, 6) is -3.63. The second-order valence-electron chi connectivity index (χ2n) is 6.53. The van der Waals surface area contributed by atoms with Crippen molar-refractivity contribution in [1.82, 2.24) is 0 Å². The van der Waals surface area contributed by atoms with E-state index in [9.17, 15) is 22.0 Å². The van der Waals surface area contributed by atoms with E-state index in [2.05, 4.69) is 0 Å². The zero-order valence-electron chi connectivity index (χ0n) is 15.6. The molecule has 3 aromatic rings. The van der Waals surface area contributed by atoms with Crippen molar-refractivity contribution in [1.29, 1.82) is 0 Å². The van der Waals surface area contributed by atoms with Gasteiger partial charge in [-0.15, -0.1) is 0 Å². The van der Waals surface area contributed by atoms with E-state index in [1.165, 1.54) is 31.2 Å². The van der Waals surface area contributed by atoms with Crippen LogP contribution < -0.4 is 5.73 Å². The van der Waals surface area contributed by atoms with Crippen LogP contribution in [0.15, 0.2) is 71.6 Å². The van der Waals surface area contributed by atoms with Crippen LogP contribution in [0.5, 0.6) is 0 Å². The molecule has 0 radical (unpaired) electrons. The van der Waals surface area contributed by atoms with Crippen molar-refractivity contribution in [2.24, 2.45) is 5.73 Å². The second-order valence-corrected chi connectivity index (χ2v) is 8.81. The fourth-order valence-electron chi connectivity index (χ4n) is 3.20. The molecule has 0 saturated heterocycles. The van der Waals surface area contributed by atoms with Gasteiger partial charge in [0.15, 0.2) is 9.84 Å². The van der Waals surface area contributed by atoms with Crippen molar-refractivity contribution in [2.75, 3.05) is 5.75 Å². The van der Waals surface area contributed by atoms with Gasteiger partial charge in [-0.25, -0.2) is 17.2 Å². The van der Waals surface area contributed by atoms with Crippen molar-refractivity contribution in [2.45, 2.75) is 17.7 Å². The Bertz CT molecular complexity index is 1120. The molecule has 3 rings (SSSR count). The van der Waals surface area contributed by atoms with Gasteiger partial charge < -0.3 is 5.73 Å². The first-order valence-electron chi connectivity index (χ1n) is 8.91. The Hall–Kier alpha value is -3.06. The zero-order chi connectivity index (χ0) is 21.2. The molecular formula is C22H19F2NO3S. The van der Waals surface area contributed by atoms with Gasteiger partial charge >= 0.3 is 0 Å². The smallest absolute Gasteiger partial charge is 0.229 e. The number of carbonyl (C=O) groups excluding carboxylic acids is 1. The molecule has 3 aromatic carbocycles. The number of hydrogen-bond donors (Lipinski definition) is 1. The Kier molecular flexibility index (Phi) is 5.79. The van der Waals surface area contributed by atoms with Crippen LogP contribution in [0.25, 0.3) is 11.1 Å². The summed E-state index contributed by atoms with van der Waals surface area (Å²) in [5, 5.41) is 0. The van der Waals surface area contributed by atoms with Crippen LogP contribution in [0.4, 0.5) is 8.78 Å². The minimum atomic E-state index is -3.41. The predicted molar refractivity (Wildman–Crippen MR) is 107 cm³/mol. The molecule has 0 spiro atoms. The largest absolute Gasteiger partial charge is 0.369 e. The minimum Gasteiger partial charge on any atom is -0.369 e. The Labute approximate surface area is 167 Å². The van der Waals surface area contributed by atoms with E-state index in [4.69, 9.17) is 5.73 Å². The maximum absolute atomic E-state index is 14.7. The molecule has 0 saturated carbocycles. The third-order valence-corrected chi connectivity index (χ3v) is 6.45. The fourth-order valence-corrected chi connectivity index (χ4v) is 4.08. The molecule has 0 aliphatic rings. The molecule has 0 fully saturated rings. The molecule has 1 unspecified atom stereocenters. The van der Waals surface area contributed by atoms with E-state index in [1.54, 1.807) is 30.3 Å². The molecule has 1 atom stereocenters. The van der Waals surface area contributed by atoms with E-state index >= 15 is 0 Å². The number of sulfone groups is 1. The van der Waals surface area contributed by atoms with Crippen LogP contribution in [-0.4, -0.2) is 20.1 Å². The maximum atomic E-state index is 14.7. The first-order chi connectivity index (χ1) is 13.7. The van der Waals surface area contributed by atoms with Crippen LogP contribution in [0.3, 0.4) is 0 Å². The van der Waals surface area contributed by atoms with Gasteiger partial charge in [0, 0.05) is 0 Å². The standard InChI is InChI=1S/C22H19F2NO3S/c1-2-29(27,28)17-10-8-15(9-11-17)20(22(25)26)16-12-18(23)21(19(24)13-16)14-6-4-3-5-7-14/h3-13,20H,2H2,1H3,(H2,25,26). The van der Waals surface area contributed by atoms with Crippen molar-refractivity contribution in [3.8, 4) is 11.1 Å². The minimum absolute atomic E-state index is 0.0540. The average Bonchev–Trinajstić information content (AvgIpc) is 2.68. The van der Waals surface area contributed by atoms with E-state index in [-0.39, 0.29) is 21.8 Å². The fraction of sp³-hybridized carbons (Fsp3) is 0.136. The highest BCUT2D eigenvalue weighted by Crippen LogP contribution is 2.32. The van der Waals surface area contributed by atoms with Gasteiger partial charge in [-0.05, 0) is 41.0 Å². The van der Waals surface area contributed by atoms with Gasteiger partial charge in [-0.3, -0.25) is 4.79 Å². The summed E-state index contributed by atoms with van der Waals surface area (Å²) >= 11 is 0. The third kappa shape index (κ3) is 4.19. The van der Waals surface area contributed by atoms with Crippen LogP contribution in [-0.2, 0) is 14.6 Å². The van der Waals surface area contributed by atoms with Gasteiger partial charge in [-0.1, -0.05) is 49.4 Å². The van der Waals surface area contributed by atoms with E-state index in [0.717, 1.165) is 12.1 Å². The predicted octanol–water partition coefficient (Wildman–Crippen LogP) is 4.04. The summed E-state index contributed by atoms with van der Waals surface area (Å²) in [6, 6.07) is 16.0. The number of carbonyl (C=O) groups is 1. The number of halogens is 2. The molecular weight excluding hydrogens is 396 g/mol. The zero-order valence-corrected chi connectivity index (χ0v) is 16.4. The lowest BCUT2D eigenvalue weighted by molar-refractivity contribution is -0.118. The lowest BCUT2D eigenvalue weighted by Crippen LogP contribution is -2.23. The monoisotopic (exact) mass is 415 g/mol. The summed E-state index contributed by atoms with van der Waals surface area (Å²) in [6.45, 7) is 1.52. The number of rotatable bonds is 6. The molecule has 2 N–H and O–H groups in total. The van der Waals surface area contributed by atoms with Crippen molar-refractivity contribution in [3.63, 3.8) is 0 Å². The van der Waals surface area contributed by atoms with E-state index in [0.29, 0.717) is 11.1 Å². The summed E-state index contributed by atoms with van der Waals surface area (Å²) in [7, 11) is -3.41. The van der Waals surface area contributed by atoms with Crippen molar-refractivity contribution >= 4 is 15.7 Å². The lowest BCUT2D eigenvalue weighted by Gasteiger charge is -2.17. The molecule has 0 heterocycles. The lowest BCUT2D eigenvalue weighted by atomic mass is 9.89. The quantitative estimate of drug-likeness (QED) is 0.660. The third-order valence-electron chi connectivity index (χ3n) is 4.70. The summed E-state index contributed by atoms with van der Waals surface area (Å²) in [4.78, 5) is 12.2. The van der Waals surface area contributed by atoms with Crippen LogP contribution >= 0.6 is 0 Å². The summed E-state index contributed by atoms with van der Waals surface area (Å²) in [5.41, 5.74) is 6.08. The highest BCUT2D eigenvalue weighted by Gasteiger charge is 2.24. The molecule has 29 heavy (non-hydrogen) atoms. The van der Waals surface area contributed by atoms with E-state index in [1.807, 2.05) is 0 Å². The maximum Gasteiger partial charge on any atom is 0.229 e. The Morgan fingerprint density at radius 1 is 0.931 bits per heavy atom. The highest BCUT2D eigenvalue weighted by molar-refractivity contribution is 7.91. The Morgan fingerprint density at radius 2 is 1.48 bits per heavy atom. The van der Waals surface area contributed by atoms with Crippen LogP contribution in [0.2, 0.25) is 0 Å². The van der Waals surface area contributed by atoms with Gasteiger partial charge in [0.2, 0.25) is 5.91 Å². The SMILES string of the molecule is CCS(=O)(=O)c1ccc(C(C(N)=O)c2cc(F)c(-c3ccccc3)c(F)c2)cc1. The van der Waals surface area contributed by atoms with Crippen molar-refractivity contribution in [3.05, 3.63) is 89.5 Å². The first kappa shape index (κ1) is 20.7. The molecule has 0 bridgehead atoms.